The predicted octanol–water partition coefficient (Wildman–Crippen LogP) is 4.15. The van der Waals surface area contributed by atoms with Crippen LogP contribution in [0.3, 0.4) is 0 Å². The number of fused-ring (bicyclic) bond motifs is 1. The van der Waals surface area contributed by atoms with Crippen molar-refractivity contribution in [2.45, 2.75) is 26.3 Å². The van der Waals surface area contributed by atoms with Gasteiger partial charge in [0.2, 0.25) is 0 Å². The van der Waals surface area contributed by atoms with Gasteiger partial charge in [-0.05, 0) is 48.2 Å². The van der Waals surface area contributed by atoms with Crippen molar-refractivity contribution in [1.29, 1.82) is 0 Å². The molecule has 0 bridgehead atoms. The lowest BCUT2D eigenvalue weighted by Crippen LogP contribution is -2.33. The minimum atomic E-state index is -0.497. The molecule has 31 heavy (non-hydrogen) atoms. The number of halogens is 1. The first kappa shape index (κ1) is 20.9. The van der Waals surface area contributed by atoms with Gasteiger partial charge in [0.25, 0.3) is 11.2 Å². The SMILES string of the molecule is CCCOc1ccc2c(c1)CCN(c1cnn(-c3ccc([N+](=O)[O-])cc3)c(=O)c1Cl)C2. The van der Waals surface area contributed by atoms with E-state index in [1.807, 2.05) is 17.0 Å². The number of ether oxygens (including phenoxy) is 1. The quantitative estimate of drug-likeness (QED) is 0.422. The van der Waals surface area contributed by atoms with Crippen LogP contribution in [-0.2, 0) is 13.0 Å². The van der Waals surface area contributed by atoms with Crippen LogP contribution >= 0.6 is 11.6 Å². The van der Waals surface area contributed by atoms with Gasteiger partial charge in [0.15, 0.2) is 0 Å². The van der Waals surface area contributed by atoms with E-state index in [0.717, 1.165) is 28.8 Å². The average Bonchev–Trinajstić information content (AvgIpc) is 2.79. The van der Waals surface area contributed by atoms with Gasteiger partial charge in [0.1, 0.15) is 10.8 Å². The van der Waals surface area contributed by atoms with E-state index in [1.54, 1.807) is 6.20 Å². The molecule has 0 saturated heterocycles. The summed E-state index contributed by atoms with van der Waals surface area (Å²) in [6.45, 7) is 4.08. The molecule has 0 N–H and O–H groups in total. The van der Waals surface area contributed by atoms with Crippen molar-refractivity contribution in [2.24, 2.45) is 0 Å². The van der Waals surface area contributed by atoms with E-state index in [9.17, 15) is 14.9 Å². The van der Waals surface area contributed by atoms with E-state index in [2.05, 4.69) is 18.1 Å². The summed E-state index contributed by atoms with van der Waals surface area (Å²) < 4.78 is 6.86. The van der Waals surface area contributed by atoms with Gasteiger partial charge in [-0.2, -0.15) is 9.78 Å². The van der Waals surface area contributed by atoms with Crippen molar-refractivity contribution >= 4 is 23.0 Å². The van der Waals surface area contributed by atoms with Gasteiger partial charge in [-0.3, -0.25) is 14.9 Å². The van der Waals surface area contributed by atoms with Gasteiger partial charge in [-0.1, -0.05) is 24.6 Å². The molecule has 2 heterocycles. The molecule has 0 saturated carbocycles. The maximum atomic E-state index is 12.8. The molecule has 4 rings (SSSR count). The molecule has 1 aliphatic rings. The first-order valence-corrected chi connectivity index (χ1v) is 10.4. The van der Waals surface area contributed by atoms with Crippen LogP contribution < -0.4 is 15.2 Å². The summed E-state index contributed by atoms with van der Waals surface area (Å²) >= 11 is 6.43. The second-order valence-corrected chi connectivity index (χ2v) is 7.66. The van der Waals surface area contributed by atoms with E-state index in [4.69, 9.17) is 16.3 Å². The van der Waals surface area contributed by atoms with E-state index < -0.39 is 10.5 Å². The number of benzene rings is 2. The lowest BCUT2D eigenvalue weighted by Gasteiger charge is -2.31. The summed E-state index contributed by atoms with van der Waals surface area (Å²) in [6.07, 6.45) is 3.33. The number of nitrogens with zero attached hydrogens (tertiary/aromatic N) is 4. The van der Waals surface area contributed by atoms with E-state index >= 15 is 0 Å². The van der Waals surface area contributed by atoms with Crippen molar-refractivity contribution in [3.63, 3.8) is 0 Å². The topological polar surface area (TPSA) is 90.5 Å². The van der Waals surface area contributed by atoms with Gasteiger partial charge in [0, 0.05) is 25.2 Å². The molecular formula is C22H21ClN4O4. The molecule has 8 nitrogen and oxygen atoms in total. The van der Waals surface area contributed by atoms with Gasteiger partial charge < -0.3 is 9.64 Å². The molecule has 0 atom stereocenters. The summed E-state index contributed by atoms with van der Waals surface area (Å²) in [7, 11) is 0. The highest BCUT2D eigenvalue weighted by molar-refractivity contribution is 6.33. The van der Waals surface area contributed by atoms with Gasteiger partial charge in [-0.15, -0.1) is 0 Å². The monoisotopic (exact) mass is 440 g/mol. The normalized spacial score (nSPS) is 13.0. The number of hydrogen-bond acceptors (Lipinski definition) is 6. The molecule has 3 aromatic rings. The molecule has 1 aromatic heterocycles. The standard InChI is InChI=1S/C22H21ClN4O4/c1-2-11-31-19-8-3-16-14-25(10-9-15(16)12-19)20-13-24-26(22(28)21(20)23)17-4-6-18(7-5-17)27(29)30/h3-8,12-13H,2,9-11,14H2,1H3. The molecule has 0 spiro atoms. The highest BCUT2D eigenvalue weighted by Gasteiger charge is 2.22. The van der Waals surface area contributed by atoms with Crippen LogP contribution in [0, 0.1) is 10.1 Å². The van der Waals surface area contributed by atoms with Crippen LogP contribution in [0.5, 0.6) is 5.75 Å². The third-order valence-corrected chi connectivity index (χ3v) is 5.56. The third kappa shape index (κ3) is 4.25. The van der Waals surface area contributed by atoms with Crippen LogP contribution in [0.2, 0.25) is 5.02 Å². The molecule has 0 radical (unpaired) electrons. The number of nitro groups is 1. The van der Waals surface area contributed by atoms with Gasteiger partial charge >= 0.3 is 0 Å². The summed E-state index contributed by atoms with van der Waals surface area (Å²) in [5.74, 6) is 0.874. The second-order valence-electron chi connectivity index (χ2n) is 7.28. The molecule has 1 aliphatic heterocycles. The van der Waals surface area contributed by atoms with E-state index in [0.29, 0.717) is 31.1 Å². The minimum Gasteiger partial charge on any atom is -0.494 e. The van der Waals surface area contributed by atoms with Crippen molar-refractivity contribution in [1.82, 2.24) is 9.78 Å². The smallest absolute Gasteiger partial charge is 0.292 e. The fourth-order valence-electron chi connectivity index (χ4n) is 3.59. The van der Waals surface area contributed by atoms with Crippen LogP contribution in [0.15, 0.2) is 53.5 Å². The number of hydrogen-bond donors (Lipinski definition) is 0. The molecule has 0 amide bonds. The number of rotatable bonds is 6. The zero-order valence-corrected chi connectivity index (χ0v) is 17.7. The highest BCUT2D eigenvalue weighted by atomic mass is 35.5. The molecule has 160 valence electrons. The lowest BCUT2D eigenvalue weighted by molar-refractivity contribution is -0.384. The Morgan fingerprint density at radius 2 is 1.97 bits per heavy atom. The fraction of sp³-hybridized carbons (Fsp3) is 0.273. The number of non-ortho nitro benzene ring substituents is 1. The third-order valence-electron chi connectivity index (χ3n) is 5.21. The maximum Gasteiger partial charge on any atom is 0.292 e. The van der Waals surface area contributed by atoms with Gasteiger partial charge in [-0.25, -0.2) is 0 Å². The Balaban J connectivity index is 1.58. The van der Waals surface area contributed by atoms with Gasteiger partial charge in [0.05, 0.1) is 29.1 Å². The Labute approximate surface area is 183 Å². The Morgan fingerprint density at radius 1 is 1.19 bits per heavy atom. The van der Waals surface area contributed by atoms with Crippen molar-refractivity contribution < 1.29 is 9.66 Å². The molecule has 2 aromatic carbocycles. The summed E-state index contributed by atoms with van der Waals surface area (Å²) in [4.78, 5) is 25.2. The first-order valence-electron chi connectivity index (χ1n) is 10.00. The molecule has 9 heteroatoms. The average molecular weight is 441 g/mol. The number of nitro benzene ring substituents is 1. The van der Waals surface area contributed by atoms with Crippen molar-refractivity contribution in [3.8, 4) is 11.4 Å². The minimum absolute atomic E-state index is 0.0604. The summed E-state index contributed by atoms with van der Waals surface area (Å²) in [5, 5.41) is 15.2. The number of anilines is 1. The van der Waals surface area contributed by atoms with Crippen molar-refractivity contribution in [3.05, 3.63) is 85.3 Å². The highest BCUT2D eigenvalue weighted by Crippen LogP contribution is 2.30. The largest absolute Gasteiger partial charge is 0.494 e. The predicted molar refractivity (Wildman–Crippen MR) is 118 cm³/mol. The second kappa shape index (κ2) is 8.77. The first-order chi connectivity index (χ1) is 15.0. The Kier molecular flexibility index (Phi) is 5.90. The van der Waals surface area contributed by atoms with Crippen LogP contribution in [0.1, 0.15) is 24.5 Å². The van der Waals surface area contributed by atoms with Crippen LogP contribution in [-0.4, -0.2) is 27.9 Å². The van der Waals surface area contributed by atoms with Crippen LogP contribution in [0.25, 0.3) is 5.69 Å². The lowest BCUT2D eigenvalue weighted by atomic mass is 9.99. The zero-order valence-electron chi connectivity index (χ0n) is 17.0. The molecule has 0 unspecified atom stereocenters. The Hall–Kier alpha value is -3.39. The van der Waals surface area contributed by atoms with Crippen LogP contribution in [0.4, 0.5) is 11.4 Å². The fourth-order valence-corrected chi connectivity index (χ4v) is 3.84. The Bertz CT molecular complexity index is 1180. The van der Waals surface area contributed by atoms with E-state index in [1.165, 1.54) is 29.8 Å². The molecule has 0 fully saturated rings. The van der Waals surface area contributed by atoms with Crippen molar-refractivity contribution in [2.75, 3.05) is 18.1 Å². The summed E-state index contributed by atoms with van der Waals surface area (Å²) in [6, 6.07) is 11.7. The number of aromatic nitrogens is 2. The maximum absolute atomic E-state index is 12.8. The zero-order chi connectivity index (χ0) is 22.0. The molecular weight excluding hydrogens is 420 g/mol. The summed E-state index contributed by atoms with van der Waals surface area (Å²) in [5.41, 5.74) is 2.84. The Morgan fingerprint density at radius 3 is 2.68 bits per heavy atom. The van der Waals surface area contributed by atoms with E-state index in [-0.39, 0.29) is 10.7 Å². The molecule has 0 aliphatic carbocycles.